The maximum Gasteiger partial charge on any atom is 0.0915 e. The highest BCUT2D eigenvalue weighted by atomic mass is 14.2. The molecule has 0 aliphatic carbocycles. The summed E-state index contributed by atoms with van der Waals surface area (Å²) in [5.41, 5.74) is 4.63. The molecule has 0 saturated heterocycles. The van der Waals surface area contributed by atoms with Crippen molar-refractivity contribution in [2.24, 2.45) is 0 Å². The fourth-order valence-corrected chi connectivity index (χ4v) is 1.38. The lowest BCUT2D eigenvalue weighted by Crippen LogP contribution is -1.84. The van der Waals surface area contributed by atoms with Crippen molar-refractivity contribution < 1.29 is 0 Å². The number of allylic oxidation sites excluding steroid dienone is 2. The minimum absolute atomic E-state index is 1.02. The molecule has 0 saturated carbocycles. The van der Waals surface area contributed by atoms with E-state index in [1.165, 1.54) is 11.1 Å². The second-order valence-electron chi connectivity index (χ2n) is 3.33. The van der Waals surface area contributed by atoms with E-state index in [9.17, 15) is 0 Å². The summed E-state index contributed by atoms with van der Waals surface area (Å²) in [6, 6.07) is 8.36. The number of hydrogen-bond acceptors (Lipinski definition) is 1. The minimum atomic E-state index is 1.02. The lowest BCUT2D eigenvalue weighted by molar-refractivity contribution is 1.36. The van der Waals surface area contributed by atoms with Gasteiger partial charge in [0.15, 0.2) is 0 Å². The van der Waals surface area contributed by atoms with Gasteiger partial charge in [0, 0.05) is 6.08 Å². The van der Waals surface area contributed by atoms with Crippen LogP contribution in [0.5, 0.6) is 0 Å². The van der Waals surface area contributed by atoms with Crippen molar-refractivity contribution in [2.75, 3.05) is 0 Å². The fourth-order valence-electron chi connectivity index (χ4n) is 1.38. The van der Waals surface area contributed by atoms with E-state index in [1.807, 2.05) is 13.0 Å². The van der Waals surface area contributed by atoms with Gasteiger partial charge in [0.2, 0.25) is 0 Å². The molecule has 0 amide bonds. The molecule has 0 radical (unpaired) electrons. The smallest absolute Gasteiger partial charge is 0.0915 e. The largest absolute Gasteiger partial charge is 0.193 e. The topological polar surface area (TPSA) is 23.8 Å². The lowest BCUT2D eigenvalue weighted by Gasteiger charge is -2.03. The molecule has 1 nitrogen and oxygen atoms in total. The van der Waals surface area contributed by atoms with Gasteiger partial charge in [0.25, 0.3) is 0 Å². The maximum atomic E-state index is 8.51. The molecule has 0 fully saturated rings. The van der Waals surface area contributed by atoms with Gasteiger partial charge in [-0.1, -0.05) is 29.3 Å². The zero-order valence-corrected chi connectivity index (χ0v) is 8.26. The van der Waals surface area contributed by atoms with Crippen LogP contribution in [0.25, 0.3) is 5.57 Å². The van der Waals surface area contributed by atoms with Gasteiger partial charge in [0.05, 0.1) is 6.07 Å². The third-order valence-electron chi connectivity index (χ3n) is 1.96. The highest BCUT2D eigenvalue weighted by Gasteiger charge is 1.97. The van der Waals surface area contributed by atoms with Crippen molar-refractivity contribution in [3.63, 3.8) is 0 Å². The highest BCUT2D eigenvalue weighted by molar-refractivity contribution is 5.66. The number of rotatable bonds is 1. The van der Waals surface area contributed by atoms with Gasteiger partial charge in [0.1, 0.15) is 0 Å². The Labute approximate surface area is 79.3 Å². The molecule has 13 heavy (non-hydrogen) atoms. The molecule has 0 aliphatic rings. The molecule has 1 rings (SSSR count). The maximum absolute atomic E-state index is 8.51. The third-order valence-corrected chi connectivity index (χ3v) is 1.96. The number of benzene rings is 1. The predicted octanol–water partition coefficient (Wildman–Crippen LogP) is 3.23. The summed E-state index contributed by atoms with van der Waals surface area (Å²) in [5.74, 6) is 0. The molecule has 0 aliphatic heterocycles. The Kier molecular flexibility index (Phi) is 2.87. The second kappa shape index (κ2) is 3.91. The van der Waals surface area contributed by atoms with Gasteiger partial charge in [-0.15, -0.1) is 0 Å². The first-order valence-corrected chi connectivity index (χ1v) is 4.28. The summed E-state index contributed by atoms with van der Waals surface area (Å²) in [6.45, 7) is 6.09. The van der Waals surface area contributed by atoms with E-state index in [0.29, 0.717) is 0 Å². The molecular formula is C12H13N. The molecule has 66 valence electrons. The first-order chi connectivity index (χ1) is 6.13. The molecule has 0 spiro atoms. The van der Waals surface area contributed by atoms with Crippen LogP contribution in [0.3, 0.4) is 0 Å². The number of aryl methyl sites for hydroxylation is 2. The Morgan fingerprint density at radius 1 is 1.23 bits per heavy atom. The first kappa shape index (κ1) is 9.54. The van der Waals surface area contributed by atoms with E-state index in [0.717, 1.165) is 11.1 Å². The van der Waals surface area contributed by atoms with Crippen LogP contribution in [-0.2, 0) is 0 Å². The van der Waals surface area contributed by atoms with Gasteiger partial charge in [-0.25, -0.2) is 0 Å². The number of hydrogen-bond donors (Lipinski definition) is 0. The Bertz CT molecular complexity index is 360. The zero-order valence-electron chi connectivity index (χ0n) is 8.26. The summed E-state index contributed by atoms with van der Waals surface area (Å²) in [5, 5.41) is 8.51. The molecule has 0 aromatic heterocycles. The molecule has 0 heterocycles. The normalized spacial score (nSPS) is 11.1. The Hall–Kier alpha value is -1.55. The molecule has 0 N–H and O–H groups in total. The van der Waals surface area contributed by atoms with E-state index < -0.39 is 0 Å². The quantitative estimate of drug-likeness (QED) is 0.595. The van der Waals surface area contributed by atoms with Crippen LogP contribution in [0, 0.1) is 25.2 Å². The Balaban J connectivity index is 3.17. The SMILES string of the molecule is C/C(=C/C#N)c1cc(C)cc(C)c1. The fraction of sp³-hybridized carbons (Fsp3) is 0.250. The van der Waals surface area contributed by atoms with Gasteiger partial charge in [-0.2, -0.15) is 5.26 Å². The Morgan fingerprint density at radius 3 is 2.23 bits per heavy atom. The minimum Gasteiger partial charge on any atom is -0.193 e. The average Bonchev–Trinajstić information content (AvgIpc) is 2.03. The van der Waals surface area contributed by atoms with Crippen molar-refractivity contribution in [1.29, 1.82) is 5.26 Å². The first-order valence-electron chi connectivity index (χ1n) is 4.28. The van der Waals surface area contributed by atoms with E-state index in [1.54, 1.807) is 6.08 Å². The third kappa shape index (κ3) is 2.45. The van der Waals surface area contributed by atoms with Crippen LogP contribution in [-0.4, -0.2) is 0 Å². The second-order valence-corrected chi connectivity index (χ2v) is 3.33. The van der Waals surface area contributed by atoms with Gasteiger partial charge < -0.3 is 0 Å². The van der Waals surface area contributed by atoms with Crippen LogP contribution in [0.1, 0.15) is 23.6 Å². The van der Waals surface area contributed by atoms with Crippen molar-refractivity contribution in [2.45, 2.75) is 20.8 Å². The summed E-state index contributed by atoms with van der Waals surface area (Å²) in [4.78, 5) is 0. The monoisotopic (exact) mass is 171 g/mol. The van der Waals surface area contributed by atoms with Crippen molar-refractivity contribution >= 4 is 5.57 Å². The molecule has 0 atom stereocenters. The van der Waals surface area contributed by atoms with Gasteiger partial charge >= 0.3 is 0 Å². The van der Waals surface area contributed by atoms with Crippen LogP contribution in [0.4, 0.5) is 0 Å². The number of nitriles is 1. The van der Waals surface area contributed by atoms with Crippen molar-refractivity contribution in [3.8, 4) is 6.07 Å². The summed E-state index contributed by atoms with van der Waals surface area (Å²) in [6.07, 6.45) is 1.58. The summed E-state index contributed by atoms with van der Waals surface area (Å²) >= 11 is 0. The average molecular weight is 171 g/mol. The van der Waals surface area contributed by atoms with Crippen molar-refractivity contribution in [1.82, 2.24) is 0 Å². The summed E-state index contributed by atoms with van der Waals surface area (Å²) in [7, 11) is 0. The molecule has 0 unspecified atom stereocenters. The van der Waals surface area contributed by atoms with Gasteiger partial charge in [-0.05, 0) is 31.9 Å². The number of nitrogens with zero attached hydrogens (tertiary/aromatic N) is 1. The van der Waals surface area contributed by atoms with Crippen LogP contribution >= 0.6 is 0 Å². The molecule has 1 aromatic rings. The standard InChI is InChI=1S/C12H13N/c1-9-6-10(2)8-12(7-9)11(3)4-5-13/h4,6-8H,1-3H3/b11-4-. The van der Waals surface area contributed by atoms with Crippen LogP contribution in [0.15, 0.2) is 24.3 Å². The molecule has 1 aromatic carbocycles. The Morgan fingerprint density at radius 2 is 1.77 bits per heavy atom. The molecule has 1 heteroatoms. The van der Waals surface area contributed by atoms with Crippen LogP contribution < -0.4 is 0 Å². The highest BCUT2D eigenvalue weighted by Crippen LogP contribution is 2.16. The van der Waals surface area contributed by atoms with Crippen molar-refractivity contribution in [3.05, 3.63) is 41.0 Å². The van der Waals surface area contributed by atoms with E-state index in [4.69, 9.17) is 5.26 Å². The molecule has 0 bridgehead atoms. The predicted molar refractivity (Wildman–Crippen MR) is 55.2 cm³/mol. The van der Waals surface area contributed by atoms with E-state index in [2.05, 4.69) is 32.0 Å². The van der Waals surface area contributed by atoms with Gasteiger partial charge in [-0.3, -0.25) is 0 Å². The van der Waals surface area contributed by atoms with Crippen LogP contribution in [0.2, 0.25) is 0 Å². The van der Waals surface area contributed by atoms with E-state index >= 15 is 0 Å². The summed E-state index contributed by atoms with van der Waals surface area (Å²) < 4.78 is 0. The zero-order chi connectivity index (χ0) is 9.84. The molecular weight excluding hydrogens is 158 g/mol. The van der Waals surface area contributed by atoms with E-state index in [-0.39, 0.29) is 0 Å². The lowest BCUT2D eigenvalue weighted by atomic mass is 10.0.